The predicted octanol–water partition coefficient (Wildman–Crippen LogP) is 3.02. The Bertz CT molecular complexity index is 613. The average molecular weight is 324 g/mol. The maximum atomic E-state index is 12.2. The molecule has 1 atom stereocenters. The number of likely N-dealkylation sites (N-methyl/N-ethyl adjacent to an activating group) is 1. The third-order valence-electron chi connectivity index (χ3n) is 3.21. The molecule has 0 fully saturated rings. The second-order valence-corrected chi connectivity index (χ2v) is 6.33. The monoisotopic (exact) mass is 323 g/mol. The summed E-state index contributed by atoms with van der Waals surface area (Å²) in [7, 11) is 3.99. The summed E-state index contributed by atoms with van der Waals surface area (Å²) in [5.74, 6) is -0.152. The van der Waals surface area contributed by atoms with Crippen molar-refractivity contribution in [1.29, 1.82) is 0 Å². The van der Waals surface area contributed by atoms with Crippen LogP contribution in [0, 0.1) is 0 Å². The van der Waals surface area contributed by atoms with E-state index in [1.165, 1.54) is 4.88 Å². The fourth-order valence-electron chi connectivity index (χ4n) is 1.98. The molecule has 0 radical (unpaired) electrons. The molecule has 0 aliphatic heterocycles. The van der Waals surface area contributed by atoms with E-state index in [0.29, 0.717) is 22.8 Å². The second kappa shape index (κ2) is 6.93. The van der Waals surface area contributed by atoms with E-state index in [9.17, 15) is 4.79 Å². The summed E-state index contributed by atoms with van der Waals surface area (Å²) in [6.45, 7) is 0.536. The number of thiophene rings is 1. The van der Waals surface area contributed by atoms with Gasteiger partial charge in [-0.1, -0.05) is 17.7 Å². The number of anilines is 1. The van der Waals surface area contributed by atoms with Gasteiger partial charge in [-0.25, -0.2) is 0 Å². The largest absolute Gasteiger partial charge is 0.398 e. The van der Waals surface area contributed by atoms with Crippen LogP contribution in [0.2, 0.25) is 5.02 Å². The van der Waals surface area contributed by atoms with Crippen LogP contribution in [-0.4, -0.2) is 31.4 Å². The van der Waals surface area contributed by atoms with Crippen LogP contribution < -0.4 is 11.1 Å². The Balaban J connectivity index is 2.03. The summed E-state index contributed by atoms with van der Waals surface area (Å²) >= 11 is 7.62. The van der Waals surface area contributed by atoms with Gasteiger partial charge >= 0.3 is 0 Å². The summed E-state index contributed by atoms with van der Waals surface area (Å²) in [5, 5.41) is 5.37. The van der Waals surface area contributed by atoms with Crippen LogP contribution in [0.25, 0.3) is 0 Å². The van der Waals surface area contributed by atoms with Crippen molar-refractivity contribution in [1.82, 2.24) is 10.2 Å². The zero-order valence-corrected chi connectivity index (χ0v) is 13.5. The lowest BCUT2D eigenvalue weighted by molar-refractivity contribution is 0.0942. The molecule has 21 heavy (non-hydrogen) atoms. The second-order valence-electron chi connectivity index (χ2n) is 4.94. The summed E-state index contributed by atoms with van der Waals surface area (Å²) in [5.41, 5.74) is 6.63. The smallest absolute Gasteiger partial charge is 0.251 e. The number of benzene rings is 1. The molecule has 2 aromatic rings. The van der Waals surface area contributed by atoms with Gasteiger partial charge in [-0.2, -0.15) is 0 Å². The van der Waals surface area contributed by atoms with Gasteiger partial charge in [0.25, 0.3) is 5.91 Å². The number of nitrogen functional groups attached to an aromatic ring is 1. The van der Waals surface area contributed by atoms with Gasteiger partial charge in [0.1, 0.15) is 0 Å². The number of hydrogen-bond acceptors (Lipinski definition) is 4. The Morgan fingerprint density at radius 1 is 1.43 bits per heavy atom. The van der Waals surface area contributed by atoms with Crippen molar-refractivity contribution in [3.05, 3.63) is 51.2 Å². The van der Waals surface area contributed by atoms with E-state index < -0.39 is 0 Å². The average Bonchev–Trinajstić information content (AvgIpc) is 2.95. The number of nitrogens with zero attached hydrogens (tertiary/aromatic N) is 1. The van der Waals surface area contributed by atoms with Gasteiger partial charge in [0.05, 0.1) is 16.8 Å². The number of carbonyl (C=O) groups excluding carboxylic acids is 1. The molecule has 0 spiro atoms. The third kappa shape index (κ3) is 3.97. The van der Waals surface area contributed by atoms with Crippen LogP contribution in [0.3, 0.4) is 0 Å². The number of amides is 1. The highest BCUT2D eigenvalue weighted by Gasteiger charge is 2.17. The minimum atomic E-state index is -0.152. The number of hydrogen-bond donors (Lipinski definition) is 2. The minimum absolute atomic E-state index is 0.151. The fraction of sp³-hybridized carbons (Fsp3) is 0.267. The van der Waals surface area contributed by atoms with Crippen LogP contribution in [0.4, 0.5) is 5.69 Å². The van der Waals surface area contributed by atoms with E-state index in [1.807, 2.05) is 25.5 Å². The van der Waals surface area contributed by atoms with Gasteiger partial charge in [0.15, 0.2) is 0 Å². The topological polar surface area (TPSA) is 58.4 Å². The van der Waals surface area contributed by atoms with Crippen molar-refractivity contribution < 1.29 is 4.79 Å². The first kappa shape index (κ1) is 15.8. The molecule has 1 aromatic heterocycles. The quantitative estimate of drug-likeness (QED) is 0.832. The molecule has 112 valence electrons. The molecule has 0 aliphatic rings. The molecule has 2 rings (SSSR count). The lowest BCUT2D eigenvalue weighted by Gasteiger charge is -2.23. The molecular weight excluding hydrogens is 306 g/mol. The summed E-state index contributed by atoms with van der Waals surface area (Å²) < 4.78 is 0. The standard InChI is InChI=1S/C15H18ClN3OS/c1-19(2)13(14-4-3-7-21-14)9-18-15(20)10-5-6-12(17)11(16)8-10/h3-8,13H,9,17H2,1-2H3,(H,18,20). The number of carbonyl (C=O) groups is 1. The van der Waals surface area contributed by atoms with Crippen LogP contribution >= 0.6 is 22.9 Å². The van der Waals surface area contributed by atoms with Crippen LogP contribution in [0.1, 0.15) is 21.3 Å². The van der Waals surface area contributed by atoms with Crippen molar-refractivity contribution >= 4 is 34.5 Å². The Morgan fingerprint density at radius 3 is 2.76 bits per heavy atom. The molecule has 1 unspecified atom stereocenters. The normalized spacial score (nSPS) is 12.4. The Kier molecular flexibility index (Phi) is 5.22. The summed E-state index contributed by atoms with van der Waals surface area (Å²) in [6.07, 6.45) is 0. The molecule has 1 amide bonds. The van der Waals surface area contributed by atoms with Crippen LogP contribution in [0.5, 0.6) is 0 Å². The highest BCUT2D eigenvalue weighted by molar-refractivity contribution is 7.10. The van der Waals surface area contributed by atoms with Gasteiger partial charge in [0, 0.05) is 17.0 Å². The number of nitrogens with two attached hydrogens (primary N) is 1. The lowest BCUT2D eigenvalue weighted by Crippen LogP contribution is -2.34. The van der Waals surface area contributed by atoms with Crippen molar-refractivity contribution in [2.24, 2.45) is 0 Å². The Labute approximate surface area is 133 Å². The van der Waals surface area contributed by atoms with E-state index >= 15 is 0 Å². The molecule has 0 saturated carbocycles. The molecule has 1 aromatic carbocycles. The molecule has 6 heteroatoms. The van der Waals surface area contributed by atoms with Crippen molar-refractivity contribution in [3.8, 4) is 0 Å². The molecule has 0 aliphatic carbocycles. The predicted molar refractivity (Wildman–Crippen MR) is 88.9 cm³/mol. The van der Waals surface area contributed by atoms with Crippen molar-refractivity contribution in [3.63, 3.8) is 0 Å². The fourth-order valence-corrected chi connectivity index (χ4v) is 3.08. The Morgan fingerprint density at radius 2 is 2.19 bits per heavy atom. The van der Waals surface area contributed by atoms with Crippen molar-refractivity contribution in [2.45, 2.75) is 6.04 Å². The van der Waals surface area contributed by atoms with E-state index in [4.69, 9.17) is 17.3 Å². The van der Waals surface area contributed by atoms with Crippen LogP contribution in [0.15, 0.2) is 35.7 Å². The number of nitrogens with one attached hydrogen (secondary N) is 1. The maximum Gasteiger partial charge on any atom is 0.251 e. The molecule has 1 heterocycles. The first-order valence-corrected chi connectivity index (χ1v) is 7.78. The highest BCUT2D eigenvalue weighted by Crippen LogP contribution is 2.23. The van der Waals surface area contributed by atoms with Crippen molar-refractivity contribution in [2.75, 3.05) is 26.4 Å². The van der Waals surface area contributed by atoms with Gasteiger partial charge < -0.3 is 16.0 Å². The molecule has 0 bridgehead atoms. The highest BCUT2D eigenvalue weighted by atomic mass is 35.5. The Hall–Kier alpha value is -1.56. The van der Waals surface area contributed by atoms with E-state index in [0.717, 1.165) is 0 Å². The molecule has 4 nitrogen and oxygen atoms in total. The van der Waals surface area contributed by atoms with Gasteiger partial charge in [-0.05, 0) is 43.7 Å². The summed E-state index contributed by atoms with van der Waals surface area (Å²) in [4.78, 5) is 15.5. The molecule has 0 saturated heterocycles. The number of halogens is 1. The third-order valence-corrected chi connectivity index (χ3v) is 4.51. The van der Waals surface area contributed by atoms with Crippen LogP contribution in [-0.2, 0) is 0 Å². The van der Waals surface area contributed by atoms with Gasteiger partial charge in [0.2, 0.25) is 0 Å². The lowest BCUT2D eigenvalue weighted by atomic mass is 10.1. The molecule has 3 N–H and O–H groups in total. The van der Waals surface area contributed by atoms with Gasteiger partial charge in [-0.15, -0.1) is 11.3 Å². The number of rotatable bonds is 5. The minimum Gasteiger partial charge on any atom is -0.398 e. The van der Waals surface area contributed by atoms with Gasteiger partial charge in [-0.3, -0.25) is 4.79 Å². The first-order valence-electron chi connectivity index (χ1n) is 6.52. The zero-order valence-electron chi connectivity index (χ0n) is 12.0. The van der Waals surface area contributed by atoms with E-state index in [-0.39, 0.29) is 11.9 Å². The molecular formula is C15H18ClN3OS. The SMILES string of the molecule is CN(C)C(CNC(=O)c1ccc(N)c(Cl)c1)c1cccs1. The van der Waals surface area contributed by atoms with E-state index in [1.54, 1.807) is 29.5 Å². The zero-order chi connectivity index (χ0) is 15.4. The van der Waals surface area contributed by atoms with E-state index in [2.05, 4.69) is 16.3 Å². The summed E-state index contributed by atoms with van der Waals surface area (Å²) in [6, 6.07) is 9.13. The first-order chi connectivity index (χ1) is 9.99. The maximum absolute atomic E-state index is 12.2.